The molecule has 0 radical (unpaired) electrons. The van der Waals surface area contributed by atoms with Crippen molar-refractivity contribution in [2.75, 3.05) is 32.8 Å². The van der Waals surface area contributed by atoms with Crippen LogP contribution in [-0.2, 0) is 0 Å². The third-order valence-corrected chi connectivity index (χ3v) is 4.41. The summed E-state index contributed by atoms with van der Waals surface area (Å²) in [7, 11) is 0. The van der Waals surface area contributed by atoms with E-state index in [4.69, 9.17) is 0 Å². The lowest BCUT2D eigenvalue weighted by atomic mass is 10.1. The molecule has 1 atom stereocenters. The minimum absolute atomic E-state index is 0.180. The van der Waals surface area contributed by atoms with E-state index in [1.807, 2.05) is 11.3 Å². The number of hydrogen-bond donors (Lipinski definition) is 2. The van der Waals surface area contributed by atoms with Gasteiger partial charge in [0.1, 0.15) is 0 Å². The van der Waals surface area contributed by atoms with E-state index in [-0.39, 0.29) is 12.6 Å². The molecule has 1 aliphatic rings. The fraction of sp³-hybridized carbons (Fsp3) is 0.692. The van der Waals surface area contributed by atoms with Crippen LogP contribution >= 0.6 is 11.3 Å². The highest BCUT2D eigenvalue weighted by atomic mass is 32.1. The molecule has 1 aromatic heterocycles. The molecule has 0 bridgehead atoms. The number of aliphatic hydroxyl groups excluding tert-OH is 1. The van der Waals surface area contributed by atoms with Gasteiger partial charge in [-0.25, -0.2) is 0 Å². The summed E-state index contributed by atoms with van der Waals surface area (Å²) < 4.78 is 0. The smallest absolute Gasteiger partial charge is 0.0629 e. The predicted molar refractivity (Wildman–Crippen MR) is 72.7 cm³/mol. The van der Waals surface area contributed by atoms with Gasteiger partial charge < -0.3 is 10.4 Å². The first-order valence-electron chi connectivity index (χ1n) is 6.35. The Morgan fingerprint density at radius 2 is 2.24 bits per heavy atom. The lowest BCUT2D eigenvalue weighted by Gasteiger charge is -2.29. The Morgan fingerprint density at radius 1 is 1.41 bits per heavy atom. The Kier molecular flexibility index (Phi) is 4.56. The molecule has 96 valence electrons. The molecule has 3 nitrogen and oxygen atoms in total. The summed E-state index contributed by atoms with van der Waals surface area (Å²) in [6.07, 6.45) is 1.17. The first-order chi connectivity index (χ1) is 8.22. The third kappa shape index (κ3) is 3.07. The highest BCUT2D eigenvalue weighted by Gasteiger charge is 2.23. The summed E-state index contributed by atoms with van der Waals surface area (Å²) in [5.74, 6) is 0. The van der Waals surface area contributed by atoms with Crippen LogP contribution in [0.1, 0.15) is 27.8 Å². The van der Waals surface area contributed by atoms with Gasteiger partial charge >= 0.3 is 0 Å². The number of aliphatic hydroxyl groups is 1. The Bertz CT molecular complexity index is 356. The average molecular weight is 254 g/mol. The van der Waals surface area contributed by atoms with Gasteiger partial charge in [-0.3, -0.25) is 4.90 Å². The number of nitrogens with one attached hydrogen (secondary N) is 1. The fourth-order valence-electron chi connectivity index (χ4n) is 2.57. The van der Waals surface area contributed by atoms with Gasteiger partial charge in [0.2, 0.25) is 0 Å². The number of nitrogens with zero attached hydrogens (tertiary/aromatic N) is 1. The molecule has 0 spiro atoms. The van der Waals surface area contributed by atoms with Crippen molar-refractivity contribution >= 4 is 11.3 Å². The summed E-state index contributed by atoms with van der Waals surface area (Å²) >= 11 is 1.83. The Balaban J connectivity index is 2.16. The molecular weight excluding hydrogens is 232 g/mol. The third-order valence-electron chi connectivity index (χ3n) is 3.43. The summed E-state index contributed by atoms with van der Waals surface area (Å²) in [5, 5.41) is 13.1. The lowest BCUT2D eigenvalue weighted by molar-refractivity contribution is 0.129. The van der Waals surface area contributed by atoms with Crippen LogP contribution in [0.5, 0.6) is 0 Å². The average Bonchev–Trinajstić information content (AvgIpc) is 2.55. The minimum Gasteiger partial charge on any atom is -0.394 e. The molecule has 1 aliphatic heterocycles. The Hall–Kier alpha value is -0.420. The number of hydrogen-bond acceptors (Lipinski definition) is 4. The van der Waals surface area contributed by atoms with Crippen LogP contribution in [-0.4, -0.2) is 42.8 Å². The molecule has 17 heavy (non-hydrogen) atoms. The van der Waals surface area contributed by atoms with Crippen LogP contribution in [0, 0.1) is 13.8 Å². The topological polar surface area (TPSA) is 35.5 Å². The summed E-state index contributed by atoms with van der Waals surface area (Å²) in [5.41, 5.74) is 1.32. The number of rotatable bonds is 3. The van der Waals surface area contributed by atoms with Gasteiger partial charge in [0, 0.05) is 29.4 Å². The molecule has 0 saturated carbocycles. The summed E-state index contributed by atoms with van der Waals surface area (Å²) in [6, 6.07) is 2.42. The van der Waals surface area contributed by atoms with E-state index in [1.165, 1.54) is 21.7 Å². The summed E-state index contributed by atoms with van der Waals surface area (Å²) in [6.45, 7) is 8.74. The van der Waals surface area contributed by atoms with Gasteiger partial charge in [0.15, 0.2) is 0 Å². The molecule has 2 N–H and O–H groups in total. The molecular formula is C13H22N2OS. The SMILES string of the molecule is Cc1cc(C(CO)N2CCCNCC2)c(C)s1. The molecule has 2 heterocycles. The van der Waals surface area contributed by atoms with Crippen LogP contribution in [0.15, 0.2) is 6.07 Å². The monoisotopic (exact) mass is 254 g/mol. The zero-order valence-corrected chi connectivity index (χ0v) is 11.5. The molecule has 1 saturated heterocycles. The van der Waals surface area contributed by atoms with Crippen LogP contribution in [0.3, 0.4) is 0 Å². The van der Waals surface area contributed by atoms with E-state index < -0.39 is 0 Å². The van der Waals surface area contributed by atoms with Crippen molar-refractivity contribution in [3.8, 4) is 0 Å². The second-order valence-corrected chi connectivity index (χ2v) is 6.17. The Labute approximate surface area is 107 Å². The van der Waals surface area contributed by atoms with E-state index in [1.54, 1.807) is 0 Å². The standard InChI is InChI=1S/C13H22N2OS/c1-10-8-12(11(2)17-10)13(9-16)15-6-3-4-14-5-7-15/h8,13-14,16H,3-7,9H2,1-2H3. The zero-order valence-electron chi connectivity index (χ0n) is 10.7. The van der Waals surface area contributed by atoms with E-state index in [0.717, 1.165) is 26.2 Å². The first-order valence-corrected chi connectivity index (χ1v) is 7.16. The van der Waals surface area contributed by atoms with Crippen molar-refractivity contribution in [1.82, 2.24) is 10.2 Å². The molecule has 2 rings (SSSR count). The lowest BCUT2D eigenvalue weighted by Crippen LogP contribution is -2.34. The van der Waals surface area contributed by atoms with E-state index in [0.29, 0.717) is 0 Å². The zero-order chi connectivity index (χ0) is 12.3. The number of aryl methyl sites for hydroxylation is 2. The normalized spacial score (nSPS) is 20.2. The molecule has 1 unspecified atom stereocenters. The largest absolute Gasteiger partial charge is 0.394 e. The Morgan fingerprint density at radius 3 is 2.88 bits per heavy atom. The first kappa shape index (κ1) is 13.0. The fourth-order valence-corrected chi connectivity index (χ4v) is 3.55. The maximum absolute atomic E-state index is 9.70. The molecule has 0 aromatic carbocycles. The van der Waals surface area contributed by atoms with Crippen molar-refractivity contribution in [3.63, 3.8) is 0 Å². The van der Waals surface area contributed by atoms with E-state index in [9.17, 15) is 5.11 Å². The van der Waals surface area contributed by atoms with Gasteiger partial charge in [-0.2, -0.15) is 0 Å². The maximum atomic E-state index is 9.70. The van der Waals surface area contributed by atoms with Gasteiger partial charge in [-0.1, -0.05) is 0 Å². The van der Waals surface area contributed by atoms with Crippen molar-refractivity contribution in [2.45, 2.75) is 26.3 Å². The van der Waals surface area contributed by atoms with Crippen LogP contribution in [0.2, 0.25) is 0 Å². The van der Waals surface area contributed by atoms with E-state index in [2.05, 4.69) is 30.1 Å². The predicted octanol–water partition coefficient (Wildman–Crippen LogP) is 1.69. The quantitative estimate of drug-likeness (QED) is 0.862. The molecule has 0 aliphatic carbocycles. The van der Waals surface area contributed by atoms with Crippen molar-refractivity contribution < 1.29 is 5.11 Å². The molecule has 0 amide bonds. The molecule has 4 heteroatoms. The van der Waals surface area contributed by atoms with Gasteiger partial charge in [-0.15, -0.1) is 11.3 Å². The maximum Gasteiger partial charge on any atom is 0.0629 e. The highest BCUT2D eigenvalue weighted by molar-refractivity contribution is 7.12. The minimum atomic E-state index is 0.180. The van der Waals surface area contributed by atoms with Crippen LogP contribution < -0.4 is 5.32 Å². The molecule has 1 fully saturated rings. The second-order valence-electron chi connectivity index (χ2n) is 4.71. The van der Waals surface area contributed by atoms with Crippen molar-refractivity contribution in [1.29, 1.82) is 0 Å². The van der Waals surface area contributed by atoms with Gasteiger partial charge in [0.25, 0.3) is 0 Å². The van der Waals surface area contributed by atoms with Gasteiger partial charge in [-0.05, 0) is 38.4 Å². The van der Waals surface area contributed by atoms with Gasteiger partial charge in [0.05, 0.1) is 12.6 Å². The van der Waals surface area contributed by atoms with Crippen molar-refractivity contribution in [3.05, 3.63) is 21.4 Å². The summed E-state index contributed by atoms with van der Waals surface area (Å²) in [4.78, 5) is 5.09. The molecule has 1 aromatic rings. The van der Waals surface area contributed by atoms with Crippen LogP contribution in [0.4, 0.5) is 0 Å². The number of thiophene rings is 1. The highest BCUT2D eigenvalue weighted by Crippen LogP contribution is 2.30. The second kappa shape index (κ2) is 5.96. The van der Waals surface area contributed by atoms with Crippen LogP contribution in [0.25, 0.3) is 0 Å². The van der Waals surface area contributed by atoms with E-state index >= 15 is 0 Å². The van der Waals surface area contributed by atoms with Crippen molar-refractivity contribution in [2.24, 2.45) is 0 Å².